The lowest BCUT2D eigenvalue weighted by molar-refractivity contribution is -0.136. The van der Waals surface area contributed by atoms with Gasteiger partial charge in [0, 0.05) is 29.1 Å². The Bertz CT molecular complexity index is 672. The van der Waals surface area contributed by atoms with Crippen LogP contribution in [-0.4, -0.2) is 13.1 Å². The SMILES string of the molecule is COC(=O)C1=C(Nc2ccccc2)C2C3C=CC1C2C=C3. The van der Waals surface area contributed by atoms with Crippen LogP contribution in [0.15, 0.2) is 65.9 Å². The Labute approximate surface area is 124 Å². The molecule has 0 saturated heterocycles. The quantitative estimate of drug-likeness (QED) is 0.682. The summed E-state index contributed by atoms with van der Waals surface area (Å²) >= 11 is 0. The molecule has 3 heteroatoms. The van der Waals surface area contributed by atoms with Crippen LogP contribution >= 0.6 is 0 Å². The van der Waals surface area contributed by atoms with Crippen LogP contribution in [0.4, 0.5) is 5.69 Å². The second-order valence-corrected chi connectivity index (χ2v) is 5.79. The fraction of sp³-hybridized carbons (Fsp3) is 0.278. The van der Waals surface area contributed by atoms with Crippen molar-refractivity contribution in [3.8, 4) is 0 Å². The molecule has 0 fully saturated rings. The van der Waals surface area contributed by atoms with Gasteiger partial charge in [-0.3, -0.25) is 0 Å². The summed E-state index contributed by atoms with van der Waals surface area (Å²) in [4.78, 5) is 12.3. The minimum atomic E-state index is -0.216. The van der Waals surface area contributed by atoms with E-state index in [9.17, 15) is 4.79 Å². The largest absolute Gasteiger partial charge is 0.466 e. The molecule has 3 aliphatic carbocycles. The molecular formula is C18H17NO2. The normalized spacial score (nSPS) is 31.7. The summed E-state index contributed by atoms with van der Waals surface area (Å²) < 4.78 is 5.02. The van der Waals surface area contributed by atoms with Crippen molar-refractivity contribution >= 4 is 11.7 Å². The molecule has 4 bridgehead atoms. The third-order valence-electron chi connectivity index (χ3n) is 4.76. The molecule has 0 spiro atoms. The maximum absolute atomic E-state index is 12.3. The first kappa shape index (κ1) is 12.5. The van der Waals surface area contributed by atoms with E-state index in [1.54, 1.807) is 0 Å². The number of esters is 1. The molecule has 4 rings (SSSR count). The van der Waals surface area contributed by atoms with E-state index in [0.29, 0.717) is 17.8 Å². The van der Waals surface area contributed by atoms with Crippen LogP contribution in [0.1, 0.15) is 0 Å². The molecule has 1 aromatic rings. The molecule has 0 saturated carbocycles. The van der Waals surface area contributed by atoms with E-state index in [4.69, 9.17) is 4.74 Å². The molecule has 3 aliphatic rings. The zero-order valence-corrected chi connectivity index (χ0v) is 11.8. The fourth-order valence-electron chi connectivity index (χ4n) is 3.87. The van der Waals surface area contributed by atoms with E-state index in [1.807, 2.05) is 30.3 Å². The molecule has 21 heavy (non-hydrogen) atoms. The van der Waals surface area contributed by atoms with Gasteiger partial charge >= 0.3 is 5.97 Å². The average molecular weight is 279 g/mol. The van der Waals surface area contributed by atoms with E-state index in [1.165, 1.54) is 7.11 Å². The van der Waals surface area contributed by atoms with E-state index in [0.717, 1.165) is 17.0 Å². The van der Waals surface area contributed by atoms with Crippen molar-refractivity contribution in [1.82, 2.24) is 0 Å². The van der Waals surface area contributed by atoms with Crippen molar-refractivity contribution < 1.29 is 9.53 Å². The second kappa shape index (κ2) is 4.62. The van der Waals surface area contributed by atoms with Crippen LogP contribution < -0.4 is 5.32 Å². The number of allylic oxidation sites excluding steroid dienone is 5. The van der Waals surface area contributed by atoms with Gasteiger partial charge in [-0.25, -0.2) is 4.79 Å². The zero-order valence-electron chi connectivity index (χ0n) is 11.8. The number of anilines is 1. The predicted molar refractivity (Wildman–Crippen MR) is 81.3 cm³/mol. The van der Waals surface area contributed by atoms with E-state index >= 15 is 0 Å². The molecule has 0 aromatic heterocycles. The highest BCUT2D eigenvalue weighted by Gasteiger charge is 2.50. The molecule has 4 atom stereocenters. The molecular weight excluding hydrogens is 262 g/mol. The minimum absolute atomic E-state index is 0.142. The first-order chi connectivity index (χ1) is 10.3. The number of ether oxygens (including phenoxy) is 1. The van der Waals surface area contributed by atoms with Crippen molar-refractivity contribution in [2.45, 2.75) is 0 Å². The third-order valence-corrected chi connectivity index (χ3v) is 4.76. The highest BCUT2D eigenvalue weighted by molar-refractivity contribution is 5.92. The maximum Gasteiger partial charge on any atom is 0.336 e. The van der Waals surface area contributed by atoms with Gasteiger partial charge < -0.3 is 10.1 Å². The van der Waals surface area contributed by atoms with Crippen LogP contribution in [0.25, 0.3) is 0 Å². The molecule has 0 heterocycles. The number of methoxy groups -OCH3 is 1. The zero-order chi connectivity index (χ0) is 14.4. The molecule has 106 valence electrons. The van der Waals surface area contributed by atoms with Crippen LogP contribution in [0.2, 0.25) is 0 Å². The first-order valence-corrected chi connectivity index (χ1v) is 7.30. The Kier molecular flexibility index (Phi) is 2.74. The van der Waals surface area contributed by atoms with E-state index in [-0.39, 0.29) is 11.9 Å². The number of para-hydroxylation sites is 1. The number of carbonyl (C=O) groups is 1. The van der Waals surface area contributed by atoms with Crippen molar-refractivity contribution in [1.29, 1.82) is 0 Å². The summed E-state index contributed by atoms with van der Waals surface area (Å²) in [6, 6.07) is 10.0. The maximum atomic E-state index is 12.3. The van der Waals surface area contributed by atoms with Crippen molar-refractivity contribution in [2.24, 2.45) is 23.7 Å². The van der Waals surface area contributed by atoms with Gasteiger partial charge in [0.1, 0.15) is 0 Å². The number of carbonyl (C=O) groups excluding carboxylic acids is 1. The predicted octanol–water partition coefficient (Wildman–Crippen LogP) is 3.14. The van der Waals surface area contributed by atoms with E-state index in [2.05, 4.69) is 29.6 Å². The molecule has 1 aromatic carbocycles. The Morgan fingerprint density at radius 3 is 2.62 bits per heavy atom. The molecule has 0 radical (unpaired) electrons. The number of nitrogens with one attached hydrogen (secondary N) is 1. The van der Waals surface area contributed by atoms with Crippen molar-refractivity contribution in [2.75, 3.05) is 12.4 Å². The second-order valence-electron chi connectivity index (χ2n) is 5.79. The van der Waals surface area contributed by atoms with E-state index < -0.39 is 0 Å². The minimum Gasteiger partial charge on any atom is -0.466 e. The topological polar surface area (TPSA) is 38.3 Å². The van der Waals surface area contributed by atoms with Gasteiger partial charge in [-0.05, 0) is 18.1 Å². The summed E-state index contributed by atoms with van der Waals surface area (Å²) in [5.74, 6) is 1.05. The number of benzene rings is 1. The van der Waals surface area contributed by atoms with Gasteiger partial charge in [-0.2, -0.15) is 0 Å². The van der Waals surface area contributed by atoms with Gasteiger partial charge in [-0.1, -0.05) is 42.5 Å². The smallest absolute Gasteiger partial charge is 0.336 e. The molecule has 3 nitrogen and oxygen atoms in total. The fourth-order valence-corrected chi connectivity index (χ4v) is 3.87. The summed E-state index contributed by atoms with van der Waals surface area (Å²) in [7, 11) is 1.45. The van der Waals surface area contributed by atoms with Gasteiger partial charge in [0.05, 0.1) is 12.7 Å². The lowest BCUT2D eigenvalue weighted by atomic mass is 9.80. The highest BCUT2D eigenvalue weighted by Crippen LogP contribution is 2.54. The van der Waals surface area contributed by atoms with Crippen molar-refractivity contribution in [3.63, 3.8) is 0 Å². The lowest BCUT2D eigenvalue weighted by Crippen LogP contribution is -2.21. The first-order valence-electron chi connectivity index (χ1n) is 7.30. The summed E-state index contributed by atoms with van der Waals surface area (Å²) in [5.41, 5.74) is 2.84. The molecule has 4 unspecified atom stereocenters. The highest BCUT2D eigenvalue weighted by atomic mass is 16.5. The molecule has 0 amide bonds. The average Bonchev–Trinajstić information content (AvgIpc) is 2.92. The van der Waals surface area contributed by atoms with Crippen molar-refractivity contribution in [3.05, 3.63) is 65.9 Å². The third kappa shape index (κ3) is 1.77. The molecule has 1 N–H and O–H groups in total. The lowest BCUT2D eigenvalue weighted by Gasteiger charge is -2.25. The number of hydrogen-bond donors (Lipinski definition) is 1. The summed E-state index contributed by atoms with van der Waals surface area (Å²) in [6.07, 6.45) is 8.89. The number of hydrogen-bond acceptors (Lipinski definition) is 3. The van der Waals surface area contributed by atoms with Gasteiger partial charge in [0.15, 0.2) is 0 Å². The standard InChI is InChI=1S/C18H17NO2/c1-21-18(20)16-14-10-8-11-7-9-13(14)15(11)17(16)19-12-5-3-2-4-6-12/h2-11,13-15,19H,1H3. The van der Waals surface area contributed by atoms with Crippen LogP contribution in [0, 0.1) is 23.7 Å². The Hall–Kier alpha value is -2.29. The summed E-state index contributed by atoms with van der Waals surface area (Å²) in [5, 5.41) is 3.48. The Morgan fingerprint density at radius 2 is 1.86 bits per heavy atom. The van der Waals surface area contributed by atoms with Crippen LogP contribution in [-0.2, 0) is 9.53 Å². The van der Waals surface area contributed by atoms with Gasteiger partial charge in [0.25, 0.3) is 0 Å². The number of rotatable bonds is 3. The Morgan fingerprint density at radius 1 is 1.10 bits per heavy atom. The Balaban J connectivity index is 1.77. The summed E-state index contributed by atoms with van der Waals surface area (Å²) in [6.45, 7) is 0. The van der Waals surface area contributed by atoms with Gasteiger partial charge in [0.2, 0.25) is 0 Å². The van der Waals surface area contributed by atoms with Gasteiger partial charge in [-0.15, -0.1) is 0 Å². The monoisotopic (exact) mass is 279 g/mol. The van der Waals surface area contributed by atoms with Crippen LogP contribution in [0.5, 0.6) is 0 Å². The van der Waals surface area contributed by atoms with Crippen LogP contribution in [0.3, 0.4) is 0 Å². The molecule has 0 aliphatic heterocycles.